The first kappa shape index (κ1) is 10.3. The Morgan fingerprint density at radius 2 is 2.44 bits per heavy atom. The number of hydrogen-bond acceptors (Lipinski definition) is 3. The number of rotatable bonds is 1. The Morgan fingerprint density at radius 3 is 3.19 bits per heavy atom. The van der Waals surface area contributed by atoms with E-state index in [4.69, 9.17) is 17.3 Å². The van der Waals surface area contributed by atoms with Crippen LogP contribution in [0.25, 0.3) is 10.7 Å². The summed E-state index contributed by atoms with van der Waals surface area (Å²) in [6, 6.07) is 4.33. The van der Waals surface area contributed by atoms with Crippen molar-refractivity contribution < 1.29 is 0 Å². The molecule has 1 aliphatic heterocycles. The minimum absolute atomic E-state index is 0.220. The number of thiophene rings is 1. The summed E-state index contributed by atoms with van der Waals surface area (Å²) in [7, 11) is 0. The van der Waals surface area contributed by atoms with E-state index in [-0.39, 0.29) is 6.04 Å². The van der Waals surface area contributed by atoms with Crippen molar-refractivity contribution in [2.45, 2.75) is 25.4 Å². The highest BCUT2D eigenvalue weighted by atomic mass is 35.5. The van der Waals surface area contributed by atoms with Crippen LogP contribution in [-0.2, 0) is 13.0 Å². The second kappa shape index (κ2) is 3.87. The van der Waals surface area contributed by atoms with Crippen molar-refractivity contribution in [3.63, 3.8) is 0 Å². The van der Waals surface area contributed by atoms with E-state index in [2.05, 4.69) is 21.0 Å². The Hall–Kier alpha value is -0.840. The van der Waals surface area contributed by atoms with Crippen LogP contribution in [0.1, 0.15) is 12.1 Å². The monoisotopic (exact) mass is 253 g/mol. The van der Waals surface area contributed by atoms with E-state index in [1.807, 2.05) is 6.07 Å². The summed E-state index contributed by atoms with van der Waals surface area (Å²) >= 11 is 7.85. The molecule has 1 unspecified atom stereocenters. The minimum Gasteiger partial charge on any atom is -0.327 e. The van der Waals surface area contributed by atoms with E-state index in [0.717, 1.165) is 30.9 Å². The topological polar surface area (TPSA) is 43.8 Å². The van der Waals surface area contributed by atoms with E-state index < -0.39 is 0 Å². The minimum atomic E-state index is 0.220. The molecular weight excluding hydrogens is 242 g/mol. The third kappa shape index (κ3) is 1.57. The Bertz CT molecular complexity index is 504. The highest BCUT2D eigenvalue weighted by molar-refractivity contribution is 7.13. The fourth-order valence-corrected chi connectivity index (χ4v) is 3.11. The number of nitrogens with zero attached hydrogens (tertiary/aromatic N) is 2. The van der Waals surface area contributed by atoms with Gasteiger partial charge in [-0.2, -0.15) is 0 Å². The van der Waals surface area contributed by atoms with Crippen LogP contribution in [-0.4, -0.2) is 15.6 Å². The molecule has 2 aromatic rings. The smallest absolute Gasteiger partial charge is 0.152 e. The highest BCUT2D eigenvalue weighted by Gasteiger charge is 2.23. The van der Waals surface area contributed by atoms with Crippen LogP contribution in [0, 0.1) is 0 Å². The molecule has 0 aromatic carbocycles. The molecular formula is C11H12ClN3S. The van der Waals surface area contributed by atoms with Gasteiger partial charge in [0.2, 0.25) is 0 Å². The molecule has 0 radical (unpaired) electrons. The lowest BCUT2D eigenvalue weighted by Gasteiger charge is -2.21. The van der Waals surface area contributed by atoms with Gasteiger partial charge in [0.05, 0.1) is 10.6 Å². The first-order chi connectivity index (χ1) is 7.75. The van der Waals surface area contributed by atoms with Gasteiger partial charge in [0.25, 0.3) is 0 Å². The van der Waals surface area contributed by atoms with Crippen LogP contribution in [0.3, 0.4) is 0 Å². The van der Waals surface area contributed by atoms with Crippen LogP contribution in [0.5, 0.6) is 0 Å². The van der Waals surface area contributed by atoms with E-state index in [0.29, 0.717) is 5.15 Å². The lowest BCUT2D eigenvalue weighted by atomic mass is 10.1. The van der Waals surface area contributed by atoms with Gasteiger partial charge in [-0.3, -0.25) is 0 Å². The van der Waals surface area contributed by atoms with Crippen molar-refractivity contribution in [2.75, 3.05) is 0 Å². The van der Waals surface area contributed by atoms with Crippen LogP contribution in [0.2, 0.25) is 5.15 Å². The molecule has 5 heteroatoms. The van der Waals surface area contributed by atoms with Crippen molar-refractivity contribution in [1.82, 2.24) is 9.55 Å². The Kier molecular flexibility index (Phi) is 2.50. The van der Waals surface area contributed by atoms with Gasteiger partial charge in [-0.25, -0.2) is 4.98 Å². The Morgan fingerprint density at radius 1 is 1.56 bits per heavy atom. The van der Waals surface area contributed by atoms with Gasteiger partial charge in [-0.1, -0.05) is 17.7 Å². The Balaban J connectivity index is 2.12. The van der Waals surface area contributed by atoms with Gasteiger partial charge >= 0.3 is 0 Å². The van der Waals surface area contributed by atoms with Crippen molar-refractivity contribution in [3.8, 4) is 10.7 Å². The third-order valence-corrected chi connectivity index (χ3v) is 4.11. The van der Waals surface area contributed by atoms with Crippen LogP contribution < -0.4 is 5.73 Å². The molecule has 0 saturated heterocycles. The van der Waals surface area contributed by atoms with E-state index >= 15 is 0 Å². The molecule has 1 atom stereocenters. The quantitative estimate of drug-likeness (QED) is 0.849. The summed E-state index contributed by atoms with van der Waals surface area (Å²) in [6.45, 7) is 0.920. The lowest BCUT2D eigenvalue weighted by molar-refractivity contribution is 0.475. The molecule has 3 nitrogen and oxygen atoms in total. The predicted molar refractivity (Wildman–Crippen MR) is 66.8 cm³/mol. The first-order valence-electron chi connectivity index (χ1n) is 5.30. The van der Waals surface area contributed by atoms with Crippen molar-refractivity contribution >= 4 is 22.9 Å². The van der Waals surface area contributed by atoms with Gasteiger partial charge in [0.1, 0.15) is 0 Å². The summed E-state index contributed by atoms with van der Waals surface area (Å²) in [6.07, 6.45) is 1.83. The summed E-state index contributed by atoms with van der Waals surface area (Å²) < 4.78 is 2.21. The first-order valence-corrected chi connectivity index (χ1v) is 6.56. The zero-order valence-electron chi connectivity index (χ0n) is 8.69. The SMILES string of the molecule is NC1CCn2c(-c3cccs3)nc(Cl)c2C1. The molecule has 2 N–H and O–H groups in total. The molecule has 1 aliphatic rings. The molecule has 0 spiro atoms. The number of nitrogens with two attached hydrogens (primary N) is 1. The molecule has 0 aliphatic carbocycles. The second-order valence-electron chi connectivity index (χ2n) is 4.05. The van der Waals surface area contributed by atoms with Crippen LogP contribution in [0.15, 0.2) is 17.5 Å². The fraction of sp³-hybridized carbons (Fsp3) is 0.364. The van der Waals surface area contributed by atoms with Crippen molar-refractivity contribution in [1.29, 1.82) is 0 Å². The predicted octanol–water partition coefficient (Wildman–Crippen LogP) is 2.54. The summed E-state index contributed by atoms with van der Waals surface area (Å²) in [5.74, 6) is 0.988. The second-order valence-corrected chi connectivity index (χ2v) is 5.36. The third-order valence-electron chi connectivity index (χ3n) is 2.94. The maximum Gasteiger partial charge on any atom is 0.152 e. The van der Waals surface area contributed by atoms with E-state index in [1.54, 1.807) is 11.3 Å². The van der Waals surface area contributed by atoms with E-state index in [1.165, 1.54) is 4.88 Å². The normalized spacial score (nSPS) is 19.8. The average molecular weight is 254 g/mol. The zero-order valence-corrected chi connectivity index (χ0v) is 10.3. The summed E-state index contributed by atoms with van der Waals surface area (Å²) in [5, 5.41) is 2.66. The maximum absolute atomic E-state index is 6.16. The number of hydrogen-bond donors (Lipinski definition) is 1. The molecule has 0 bridgehead atoms. The number of fused-ring (bicyclic) bond motifs is 1. The average Bonchev–Trinajstić information content (AvgIpc) is 2.87. The molecule has 0 amide bonds. The van der Waals surface area contributed by atoms with Gasteiger partial charge < -0.3 is 10.3 Å². The molecule has 3 rings (SSSR count). The number of imidazole rings is 1. The molecule has 0 fully saturated rings. The van der Waals surface area contributed by atoms with Crippen LogP contribution in [0.4, 0.5) is 0 Å². The zero-order chi connectivity index (χ0) is 11.1. The lowest BCUT2D eigenvalue weighted by Crippen LogP contribution is -2.30. The largest absolute Gasteiger partial charge is 0.327 e. The molecule has 3 heterocycles. The molecule has 0 saturated carbocycles. The molecule has 2 aromatic heterocycles. The summed E-state index contributed by atoms with van der Waals surface area (Å²) in [4.78, 5) is 5.62. The molecule has 16 heavy (non-hydrogen) atoms. The van der Waals surface area contributed by atoms with Crippen molar-refractivity contribution in [2.24, 2.45) is 5.73 Å². The number of halogens is 1. The van der Waals surface area contributed by atoms with Gasteiger partial charge in [-0.05, 0) is 17.9 Å². The number of aromatic nitrogens is 2. The Labute approximate surface area is 103 Å². The summed E-state index contributed by atoms with van der Waals surface area (Å²) in [5.41, 5.74) is 7.04. The highest BCUT2D eigenvalue weighted by Crippen LogP contribution is 2.31. The van der Waals surface area contributed by atoms with Gasteiger partial charge in [0, 0.05) is 19.0 Å². The molecule has 84 valence electrons. The van der Waals surface area contributed by atoms with Gasteiger partial charge in [0.15, 0.2) is 11.0 Å². The van der Waals surface area contributed by atoms with Gasteiger partial charge in [-0.15, -0.1) is 11.3 Å². The standard InChI is InChI=1S/C11H12ClN3S/c12-10-8-6-7(13)3-4-15(8)11(14-10)9-2-1-5-16-9/h1-2,5,7H,3-4,6,13H2. The van der Waals surface area contributed by atoms with E-state index in [9.17, 15) is 0 Å². The van der Waals surface area contributed by atoms with Crippen molar-refractivity contribution in [3.05, 3.63) is 28.4 Å². The fourth-order valence-electron chi connectivity index (χ4n) is 2.13. The maximum atomic E-state index is 6.16. The van der Waals surface area contributed by atoms with Crippen LogP contribution >= 0.6 is 22.9 Å².